The Bertz CT molecular complexity index is 335. The van der Waals surface area contributed by atoms with E-state index in [9.17, 15) is 5.11 Å². The van der Waals surface area contributed by atoms with Gasteiger partial charge in [0.05, 0.1) is 6.61 Å². The van der Waals surface area contributed by atoms with Crippen LogP contribution in [0, 0.1) is 3.70 Å². The summed E-state index contributed by atoms with van der Waals surface area (Å²) in [6, 6.07) is 1.60. The van der Waals surface area contributed by atoms with Crippen LogP contribution in [0.1, 0.15) is 6.92 Å². The van der Waals surface area contributed by atoms with E-state index >= 15 is 0 Å². The van der Waals surface area contributed by atoms with Crippen LogP contribution in [0.5, 0.6) is 11.5 Å². The van der Waals surface area contributed by atoms with Crippen molar-refractivity contribution in [3.63, 3.8) is 0 Å². The summed E-state index contributed by atoms with van der Waals surface area (Å²) < 4.78 is 6.32. The molecule has 2 N–H and O–H groups in total. The van der Waals surface area contributed by atoms with Gasteiger partial charge >= 0.3 is 0 Å². The Morgan fingerprint density at radius 3 is 2.93 bits per heavy atom. The number of aromatic nitrogens is 1. The van der Waals surface area contributed by atoms with Gasteiger partial charge in [-0.3, -0.25) is 0 Å². The van der Waals surface area contributed by atoms with E-state index in [1.807, 2.05) is 22.6 Å². The summed E-state index contributed by atoms with van der Waals surface area (Å²) in [4.78, 5) is 3.98. The lowest BCUT2D eigenvalue weighted by Crippen LogP contribution is -2.16. The van der Waals surface area contributed by atoms with E-state index in [-0.39, 0.29) is 18.5 Å². The van der Waals surface area contributed by atoms with E-state index in [1.165, 1.54) is 0 Å². The smallest absolute Gasteiger partial charge is 0.191 e. The fourth-order valence-corrected chi connectivity index (χ4v) is 2.04. The number of aliphatic hydroxyl groups is 1. The maximum atomic E-state index is 9.55. The molecule has 1 aromatic heterocycles. The molecule has 1 rings (SSSR count). The molecular formula is C8H9BrINO3. The van der Waals surface area contributed by atoms with Crippen molar-refractivity contribution < 1.29 is 14.9 Å². The molecular weight excluding hydrogens is 365 g/mol. The van der Waals surface area contributed by atoms with Crippen LogP contribution in [0.4, 0.5) is 0 Å². The van der Waals surface area contributed by atoms with Crippen LogP contribution in [-0.2, 0) is 0 Å². The minimum Gasteiger partial charge on any atom is -0.502 e. The summed E-state index contributed by atoms with van der Waals surface area (Å²) in [5.41, 5.74) is 0. The standard InChI is InChI=1S/C8H9BrINO3/c1-4(3-12)14-5-2-6(10)11-8(9)7(5)13/h2,4,12-13H,3H2,1H3. The van der Waals surface area contributed by atoms with Gasteiger partial charge in [0.2, 0.25) is 0 Å². The zero-order valence-corrected chi connectivity index (χ0v) is 11.1. The van der Waals surface area contributed by atoms with E-state index < -0.39 is 0 Å². The molecule has 0 amide bonds. The Kier molecular flexibility index (Phi) is 4.39. The minimum absolute atomic E-state index is 0.0503. The van der Waals surface area contributed by atoms with Crippen LogP contribution in [0.15, 0.2) is 10.7 Å². The molecule has 78 valence electrons. The van der Waals surface area contributed by atoms with E-state index in [0.29, 0.717) is 14.1 Å². The second kappa shape index (κ2) is 5.13. The molecule has 0 saturated carbocycles. The highest BCUT2D eigenvalue weighted by Crippen LogP contribution is 2.34. The number of ether oxygens (including phenoxy) is 1. The predicted octanol–water partition coefficient (Wildman–Crippen LogP) is 1.91. The summed E-state index contributed by atoms with van der Waals surface area (Å²) in [5, 5.41) is 18.3. The molecule has 0 radical (unpaired) electrons. The van der Waals surface area contributed by atoms with Gasteiger partial charge in [0.1, 0.15) is 9.80 Å². The summed E-state index contributed by atoms with van der Waals surface area (Å²) in [5.74, 6) is 0.267. The largest absolute Gasteiger partial charge is 0.502 e. The zero-order valence-electron chi connectivity index (χ0n) is 7.37. The Hall–Kier alpha value is -0.0800. The molecule has 0 aliphatic rings. The van der Waals surface area contributed by atoms with Gasteiger partial charge in [0.25, 0.3) is 0 Å². The molecule has 0 fully saturated rings. The molecule has 4 nitrogen and oxygen atoms in total. The van der Waals surface area contributed by atoms with Gasteiger partial charge in [-0.25, -0.2) is 4.98 Å². The summed E-state index contributed by atoms with van der Waals surface area (Å²) in [6.45, 7) is 1.61. The average Bonchev–Trinajstić information content (AvgIpc) is 2.13. The Morgan fingerprint density at radius 1 is 1.71 bits per heavy atom. The molecule has 0 aliphatic carbocycles. The first-order valence-corrected chi connectivity index (χ1v) is 5.74. The summed E-state index contributed by atoms with van der Waals surface area (Å²) in [6.07, 6.45) is -0.356. The molecule has 1 unspecified atom stereocenters. The second-order valence-electron chi connectivity index (χ2n) is 2.69. The van der Waals surface area contributed by atoms with Crippen molar-refractivity contribution in [2.24, 2.45) is 0 Å². The minimum atomic E-state index is -0.356. The number of rotatable bonds is 3. The molecule has 0 spiro atoms. The van der Waals surface area contributed by atoms with E-state index in [1.54, 1.807) is 13.0 Å². The molecule has 0 aliphatic heterocycles. The van der Waals surface area contributed by atoms with Gasteiger partial charge in [-0.1, -0.05) is 0 Å². The Morgan fingerprint density at radius 2 is 2.36 bits per heavy atom. The van der Waals surface area contributed by atoms with Crippen LogP contribution in [-0.4, -0.2) is 27.9 Å². The number of aromatic hydroxyl groups is 1. The van der Waals surface area contributed by atoms with Gasteiger partial charge in [-0.2, -0.15) is 0 Å². The normalized spacial score (nSPS) is 12.6. The molecule has 1 atom stereocenters. The van der Waals surface area contributed by atoms with Gasteiger partial charge in [-0.15, -0.1) is 0 Å². The van der Waals surface area contributed by atoms with Gasteiger partial charge in [0, 0.05) is 6.07 Å². The first-order chi connectivity index (χ1) is 6.54. The molecule has 0 aromatic carbocycles. The van der Waals surface area contributed by atoms with Crippen LogP contribution < -0.4 is 4.74 Å². The highest BCUT2D eigenvalue weighted by Gasteiger charge is 2.12. The summed E-state index contributed by atoms with van der Waals surface area (Å²) in [7, 11) is 0. The van der Waals surface area contributed by atoms with Gasteiger partial charge in [0.15, 0.2) is 16.1 Å². The maximum Gasteiger partial charge on any atom is 0.191 e. The monoisotopic (exact) mass is 373 g/mol. The van der Waals surface area contributed by atoms with Crippen molar-refractivity contribution in [2.45, 2.75) is 13.0 Å². The molecule has 1 aromatic rings. The molecule has 1 heterocycles. The highest BCUT2D eigenvalue weighted by atomic mass is 127. The number of hydrogen-bond donors (Lipinski definition) is 2. The SMILES string of the molecule is CC(CO)Oc1cc(I)nc(Br)c1O. The molecule has 14 heavy (non-hydrogen) atoms. The topological polar surface area (TPSA) is 62.6 Å². The Labute approximate surface area is 104 Å². The van der Waals surface area contributed by atoms with Crippen molar-refractivity contribution in [2.75, 3.05) is 6.61 Å². The molecule has 6 heteroatoms. The first-order valence-electron chi connectivity index (χ1n) is 3.87. The number of hydrogen-bond acceptors (Lipinski definition) is 4. The van der Waals surface area contributed by atoms with E-state index in [4.69, 9.17) is 9.84 Å². The van der Waals surface area contributed by atoms with Crippen LogP contribution >= 0.6 is 38.5 Å². The highest BCUT2D eigenvalue weighted by molar-refractivity contribution is 14.1. The van der Waals surface area contributed by atoms with Crippen molar-refractivity contribution in [1.29, 1.82) is 0 Å². The molecule has 0 bridgehead atoms. The number of nitrogens with zero attached hydrogens (tertiary/aromatic N) is 1. The van der Waals surface area contributed by atoms with Crippen molar-refractivity contribution in [3.8, 4) is 11.5 Å². The lowest BCUT2D eigenvalue weighted by Gasteiger charge is -2.13. The van der Waals surface area contributed by atoms with Crippen molar-refractivity contribution >= 4 is 38.5 Å². The quantitative estimate of drug-likeness (QED) is 0.627. The molecule has 0 saturated heterocycles. The maximum absolute atomic E-state index is 9.55. The average molecular weight is 374 g/mol. The number of halogens is 2. The fourth-order valence-electron chi connectivity index (χ4n) is 0.801. The van der Waals surface area contributed by atoms with E-state index in [2.05, 4.69) is 20.9 Å². The zero-order chi connectivity index (χ0) is 10.7. The lowest BCUT2D eigenvalue weighted by molar-refractivity contribution is 0.126. The second-order valence-corrected chi connectivity index (χ2v) is 4.55. The third-order valence-corrected chi connectivity index (χ3v) is 2.57. The summed E-state index contributed by atoms with van der Waals surface area (Å²) >= 11 is 5.11. The fraction of sp³-hybridized carbons (Fsp3) is 0.375. The van der Waals surface area contributed by atoms with E-state index in [0.717, 1.165) is 0 Å². The van der Waals surface area contributed by atoms with Crippen molar-refractivity contribution in [3.05, 3.63) is 14.4 Å². The number of aliphatic hydroxyl groups excluding tert-OH is 1. The van der Waals surface area contributed by atoms with Crippen LogP contribution in [0.2, 0.25) is 0 Å². The number of pyridine rings is 1. The van der Waals surface area contributed by atoms with Gasteiger partial charge in [-0.05, 0) is 45.4 Å². The first kappa shape index (κ1) is 12.0. The Balaban J connectivity index is 2.96. The van der Waals surface area contributed by atoms with Crippen LogP contribution in [0.3, 0.4) is 0 Å². The third kappa shape index (κ3) is 2.96. The van der Waals surface area contributed by atoms with Gasteiger partial charge < -0.3 is 14.9 Å². The third-order valence-electron chi connectivity index (χ3n) is 1.47. The van der Waals surface area contributed by atoms with Crippen molar-refractivity contribution in [1.82, 2.24) is 4.98 Å². The predicted molar refractivity (Wildman–Crippen MR) is 63.5 cm³/mol. The lowest BCUT2D eigenvalue weighted by atomic mass is 10.4. The van der Waals surface area contributed by atoms with Crippen LogP contribution in [0.25, 0.3) is 0 Å².